The molecule has 17 heavy (non-hydrogen) atoms. The number of likely N-dealkylation sites (tertiary alicyclic amines) is 1. The molecule has 1 aromatic rings. The molecular weight excluding hydrogens is 224 g/mol. The van der Waals surface area contributed by atoms with Gasteiger partial charge in [-0.3, -0.25) is 9.59 Å². The van der Waals surface area contributed by atoms with E-state index in [4.69, 9.17) is 0 Å². The third-order valence-electron chi connectivity index (χ3n) is 2.70. The molecule has 92 valence electrons. The Morgan fingerprint density at radius 1 is 1.35 bits per heavy atom. The van der Waals surface area contributed by atoms with Crippen LogP contribution in [0.3, 0.4) is 0 Å². The lowest BCUT2D eigenvalue weighted by Crippen LogP contribution is -2.38. The van der Waals surface area contributed by atoms with Crippen LogP contribution < -0.4 is 11.0 Å². The summed E-state index contributed by atoms with van der Waals surface area (Å²) >= 11 is 0. The van der Waals surface area contributed by atoms with E-state index in [1.807, 2.05) is 0 Å². The van der Waals surface area contributed by atoms with Crippen LogP contribution in [0.1, 0.15) is 23.3 Å². The summed E-state index contributed by atoms with van der Waals surface area (Å²) in [6.45, 7) is 1.48. The van der Waals surface area contributed by atoms with Gasteiger partial charge in [-0.1, -0.05) is 0 Å². The number of hydrogen-bond acceptors (Lipinski definition) is 3. The molecular formula is C10H14N4O3. The molecule has 0 aromatic carbocycles. The number of hydrogen-bond donors (Lipinski definition) is 3. The molecule has 1 saturated heterocycles. The van der Waals surface area contributed by atoms with Crippen molar-refractivity contribution in [2.75, 3.05) is 19.6 Å². The van der Waals surface area contributed by atoms with Gasteiger partial charge in [0.15, 0.2) is 0 Å². The van der Waals surface area contributed by atoms with Crippen LogP contribution in [0.15, 0.2) is 11.0 Å². The van der Waals surface area contributed by atoms with E-state index in [0.29, 0.717) is 0 Å². The van der Waals surface area contributed by atoms with Crippen LogP contribution in [0.4, 0.5) is 0 Å². The van der Waals surface area contributed by atoms with Crippen molar-refractivity contribution in [2.24, 2.45) is 0 Å². The molecule has 0 bridgehead atoms. The molecule has 3 N–H and O–H groups in total. The molecule has 2 heterocycles. The monoisotopic (exact) mass is 238 g/mol. The Hall–Kier alpha value is -2.05. The number of rotatable bonds is 3. The van der Waals surface area contributed by atoms with Crippen LogP contribution in [-0.2, 0) is 4.79 Å². The van der Waals surface area contributed by atoms with Crippen LogP contribution in [0, 0.1) is 0 Å². The van der Waals surface area contributed by atoms with E-state index in [1.54, 1.807) is 4.90 Å². The molecule has 1 aliphatic rings. The third kappa shape index (κ3) is 2.74. The molecule has 0 radical (unpaired) electrons. The van der Waals surface area contributed by atoms with E-state index >= 15 is 0 Å². The third-order valence-corrected chi connectivity index (χ3v) is 2.70. The fourth-order valence-corrected chi connectivity index (χ4v) is 1.78. The highest BCUT2D eigenvalue weighted by Crippen LogP contribution is 2.06. The minimum atomic E-state index is -0.462. The second-order valence-corrected chi connectivity index (χ2v) is 3.93. The largest absolute Gasteiger partial charge is 0.342 e. The van der Waals surface area contributed by atoms with E-state index in [2.05, 4.69) is 15.3 Å². The Balaban J connectivity index is 1.83. The van der Waals surface area contributed by atoms with E-state index in [-0.39, 0.29) is 18.1 Å². The van der Waals surface area contributed by atoms with E-state index in [9.17, 15) is 14.4 Å². The first kappa shape index (κ1) is 11.4. The maximum atomic E-state index is 11.6. The molecule has 7 heteroatoms. The smallest absolute Gasteiger partial charge is 0.323 e. The van der Waals surface area contributed by atoms with Crippen molar-refractivity contribution in [2.45, 2.75) is 12.8 Å². The Bertz CT molecular complexity index is 470. The highest BCUT2D eigenvalue weighted by atomic mass is 16.2. The fraction of sp³-hybridized carbons (Fsp3) is 0.500. The van der Waals surface area contributed by atoms with Crippen molar-refractivity contribution in [1.29, 1.82) is 0 Å². The SMILES string of the molecule is O=C(NCC(=O)N1CCCC1)c1c[nH]c(=O)[nH]1. The van der Waals surface area contributed by atoms with E-state index < -0.39 is 11.6 Å². The molecule has 0 aliphatic carbocycles. The van der Waals surface area contributed by atoms with Gasteiger partial charge >= 0.3 is 5.69 Å². The molecule has 7 nitrogen and oxygen atoms in total. The fourth-order valence-electron chi connectivity index (χ4n) is 1.78. The first-order valence-electron chi connectivity index (χ1n) is 5.50. The van der Waals surface area contributed by atoms with Gasteiger partial charge in [0.05, 0.1) is 6.54 Å². The zero-order valence-corrected chi connectivity index (χ0v) is 9.28. The van der Waals surface area contributed by atoms with Gasteiger partial charge in [0.25, 0.3) is 5.91 Å². The molecule has 1 aliphatic heterocycles. The molecule has 0 saturated carbocycles. The number of nitrogens with one attached hydrogen (secondary N) is 3. The number of amides is 2. The number of imidazole rings is 1. The first-order chi connectivity index (χ1) is 8.16. The minimum absolute atomic E-state index is 0.0357. The van der Waals surface area contributed by atoms with Gasteiger partial charge in [-0.25, -0.2) is 4.79 Å². The molecule has 0 spiro atoms. The molecule has 2 amide bonds. The topological polar surface area (TPSA) is 98.1 Å². The Morgan fingerprint density at radius 2 is 2.06 bits per heavy atom. The summed E-state index contributed by atoms with van der Waals surface area (Å²) < 4.78 is 0. The molecule has 1 fully saturated rings. The Kier molecular flexibility index (Phi) is 3.27. The summed E-state index contributed by atoms with van der Waals surface area (Å²) in [6, 6.07) is 0. The number of carbonyl (C=O) groups excluding carboxylic acids is 2. The van der Waals surface area contributed by atoms with Gasteiger partial charge in [0, 0.05) is 19.3 Å². The van der Waals surface area contributed by atoms with Gasteiger partial charge in [-0.2, -0.15) is 0 Å². The molecule has 0 unspecified atom stereocenters. The number of H-pyrrole nitrogens is 2. The zero-order chi connectivity index (χ0) is 12.3. The standard InChI is InChI=1S/C10H14N4O3/c15-8(14-3-1-2-4-14)6-11-9(16)7-5-12-10(17)13-7/h5H,1-4,6H2,(H,11,16)(H2,12,13,17). The van der Waals surface area contributed by atoms with Crippen molar-refractivity contribution in [1.82, 2.24) is 20.2 Å². The van der Waals surface area contributed by atoms with Crippen LogP contribution in [0.25, 0.3) is 0 Å². The van der Waals surface area contributed by atoms with Crippen molar-refractivity contribution >= 4 is 11.8 Å². The summed E-state index contributed by atoms with van der Waals surface area (Å²) in [5.74, 6) is -0.551. The summed E-state index contributed by atoms with van der Waals surface area (Å²) in [7, 11) is 0. The number of aromatic nitrogens is 2. The van der Waals surface area contributed by atoms with E-state index in [0.717, 1.165) is 25.9 Å². The normalized spacial score (nSPS) is 14.9. The quantitative estimate of drug-likeness (QED) is 0.633. The number of nitrogens with zero attached hydrogens (tertiary/aromatic N) is 1. The highest BCUT2D eigenvalue weighted by Gasteiger charge is 2.18. The lowest BCUT2D eigenvalue weighted by molar-refractivity contribution is -0.129. The summed E-state index contributed by atoms with van der Waals surface area (Å²) in [4.78, 5) is 40.3. The first-order valence-corrected chi connectivity index (χ1v) is 5.50. The Morgan fingerprint density at radius 3 is 2.65 bits per heavy atom. The maximum absolute atomic E-state index is 11.6. The van der Waals surface area contributed by atoms with Crippen molar-refractivity contribution < 1.29 is 9.59 Å². The Labute approximate surface area is 97.2 Å². The van der Waals surface area contributed by atoms with E-state index in [1.165, 1.54) is 6.20 Å². The second kappa shape index (κ2) is 4.86. The molecule has 0 atom stereocenters. The molecule has 2 rings (SSSR count). The van der Waals surface area contributed by atoms with Gasteiger partial charge in [-0.15, -0.1) is 0 Å². The lowest BCUT2D eigenvalue weighted by Gasteiger charge is -2.15. The van der Waals surface area contributed by atoms with Gasteiger partial charge < -0.3 is 20.2 Å². The highest BCUT2D eigenvalue weighted by molar-refractivity contribution is 5.94. The maximum Gasteiger partial charge on any atom is 0.323 e. The van der Waals surface area contributed by atoms with Crippen molar-refractivity contribution in [3.05, 3.63) is 22.4 Å². The van der Waals surface area contributed by atoms with Gasteiger partial charge in [-0.05, 0) is 12.8 Å². The number of aromatic amines is 2. The zero-order valence-electron chi connectivity index (χ0n) is 9.28. The van der Waals surface area contributed by atoms with Crippen molar-refractivity contribution in [3.63, 3.8) is 0 Å². The van der Waals surface area contributed by atoms with Crippen molar-refractivity contribution in [3.8, 4) is 0 Å². The number of carbonyl (C=O) groups is 2. The average molecular weight is 238 g/mol. The van der Waals surface area contributed by atoms with Crippen LogP contribution >= 0.6 is 0 Å². The average Bonchev–Trinajstić information content (AvgIpc) is 2.95. The van der Waals surface area contributed by atoms with Crippen LogP contribution in [0.2, 0.25) is 0 Å². The minimum Gasteiger partial charge on any atom is -0.342 e. The predicted octanol–water partition coefficient (Wildman–Crippen LogP) is -0.945. The summed E-state index contributed by atoms with van der Waals surface area (Å²) in [6.07, 6.45) is 3.31. The lowest BCUT2D eigenvalue weighted by atomic mass is 10.4. The molecule has 1 aromatic heterocycles. The predicted molar refractivity (Wildman–Crippen MR) is 59.6 cm³/mol. The second-order valence-electron chi connectivity index (χ2n) is 3.93. The van der Waals surface area contributed by atoms with Crippen LogP contribution in [0.5, 0.6) is 0 Å². The summed E-state index contributed by atoms with van der Waals surface area (Å²) in [5, 5.41) is 2.47. The van der Waals surface area contributed by atoms with Crippen LogP contribution in [-0.4, -0.2) is 46.3 Å². The van der Waals surface area contributed by atoms with Gasteiger partial charge in [0.1, 0.15) is 5.69 Å². The summed E-state index contributed by atoms with van der Waals surface area (Å²) in [5.41, 5.74) is -0.315. The van der Waals surface area contributed by atoms with Gasteiger partial charge in [0.2, 0.25) is 5.91 Å².